The molecule has 2 aromatic carbocycles. The minimum atomic E-state index is -4.37. The van der Waals surface area contributed by atoms with Gasteiger partial charge in [0.2, 0.25) is 5.91 Å². The molecule has 3 rings (SSSR count). The molecule has 0 spiro atoms. The highest BCUT2D eigenvalue weighted by atomic mass is 35.5. The van der Waals surface area contributed by atoms with Gasteiger partial charge in [-0.15, -0.1) is 12.4 Å². The van der Waals surface area contributed by atoms with E-state index in [1.54, 1.807) is 0 Å². The third kappa shape index (κ3) is 6.73. The zero-order chi connectivity index (χ0) is 20.0. The number of rotatable bonds is 6. The SMILES string of the molecule is Cl.O=C(Cc1ccc(-c2ccccc2)cc1)NCC(N1CCNCC1)C(F)(F)F. The zero-order valence-corrected chi connectivity index (χ0v) is 16.7. The van der Waals surface area contributed by atoms with E-state index in [-0.39, 0.29) is 18.8 Å². The molecule has 2 aromatic rings. The molecule has 2 N–H and O–H groups in total. The topological polar surface area (TPSA) is 44.4 Å². The molecule has 0 aromatic heterocycles. The normalized spacial score (nSPS) is 16.0. The van der Waals surface area contributed by atoms with Crippen LogP contribution in [0.2, 0.25) is 0 Å². The van der Waals surface area contributed by atoms with Crippen LogP contribution in [0.25, 0.3) is 11.1 Å². The molecule has 158 valence electrons. The zero-order valence-electron chi connectivity index (χ0n) is 15.9. The van der Waals surface area contributed by atoms with Crippen molar-refractivity contribution in [1.82, 2.24) is 15.5 Å². The standard InChI is InChI=1S/C21H24F3N3O.ClH/c22-21(23,24)19(27-12-10-25-11-13-27)15-26-20(28)14-16-6-8-18(9-7-16)17-4-2-1-3-5-17;/h1-9,19,25H,10-15H2,(H,26,28);1H. The number of alkyl halides is 3. The number of nitrogens with zero attached hydrogens (tertiary/aromatic N) is 1. The molecule has 1 heterocycles. The highest BCUT2D eigenvalue weighted by Crippen LogP contribution is 2.25. The number of carbonyl (C=O) groups excluding carboxylic acids is 1. The smallest absolute Gasteiger partial charge is 0.354 e. The van der Waals surface area contributed by atoms with Crippen LogP contribution in [-0.4, -0.2) is 55.7 Å². The Hall–Kier alpha value is -2.09. The predicted octanol–water partition coefficient (Wildman–Crippen LogP) is 3.27. The number of nitrogens with one attached hydrogen (secondary N) is 2. The van der Waals surface area contributed by atoms with E-state index in [1.165, 1.54) is 4.90 Å². The van der Waals surface area contributed by atoms with Gasteiger partial charge in [0.1, 0.15) is 6.04 Å². The molecule has 1 aliphatic heterocycles. The van der Waals surface area contributed by atoms with E-state index in [9.17, 15) is 18.0 Å². The van der Waals surface area contributed by atoms with Gasteiger partial charge in [-0.05, 0) is 16.7 Å². The number of hydrogen-bond donors (Lipinski definition) is 2. The van der Waals surface area contributed by atoms with Gasteiger partial charge in [0.15, 0.2) is 0 Å². The lowest BCUT2D eigenvalue weighted by Gasteiger charge is -2.35. The lowest BCUT2D eigenvalue weighted by atomic mass is 10.0. The van der Waals surface area contributed by atoms with Crippen LogP contribution in [0.3, 0.4) is 0 Å². The predicted molar refractivity (Wildman–Crippen MR) is 110 cm³/mol. The summed E-state index contributed by atoms with van der Waals surface area (Å²) in [6.45, 7) is 1.26. The molecule has 1 saturated heterocycles. The Morgan fingerprint density at radius 3 is 2.17 bits per heavy atom. The summed E-state index contributed by atoms with van der Waals surface area (Å²) < 4.78 is 40.1. The second-order valence-electron chi connectivity index (χ2n) is 6.89. The largest absolute Gasteiger partial charge is 0.405 e. The summed E-state index contributed by atoms with van der Waals surface area (Å²) in [5, 5.41) is 5.50. The molecule has 29 heavy (non-hydrogen) atoms. The molecular formula is C21H25ClF3N3O. The number of piperazine rings is 1. The summed E-state index contributed by atoms with van der Waals surface area (Å²) in [4.78, 5) is 13.6. The van der Waals surface area contributed by atoms with Crippen molar-refractivity contribution in [3.63, 3.8) is 0 Å². The van der Waals surface area contributed by atoms with E-state index >= 15 is 0 Å². The van der Waals surface area contributed by atoms with Crippen molar-refractivity contribution in [2.45, 2.75) is 18.6 Å². The van der Waals surface area contributed by atoms with Gasteiger partial charge < -0.3 is 10.6 Å². The van der Waals surface area contributed by atoms with Crippen LogP contribution in [-0.2, 0) is 11.2 Å². The van der Waals surface area contributed by atoms with Crippen molar-refractivity contribution < 1.29 is 18.0 Å². The van der Waals surface area contributed by atoms with Crippen LogP contribution in [0.5, 0.6) is 0 Å². The molecule has 1 amide bonds. The van der Waals surface area contributed by atoms with E-state index in [0.717, 1.165) is 16.7 Å². The highest BCUT2D eigenvalue weighted by molar-refractivity contribution is 5.85. The van der Waals surface area contributed by atoms with Crippen LogP contribution in [0.1, 0.15) is 5.56 Å². The summed E-state index contributed by atoms with van der Waals surface area (Å²) in [7, 11) is 0. The minimum Gasteiger partial charge on any atom is -0.354 e. The fourth-order valence-electron chi connectivity index (χ4n) is 3.35. The molecule has 1 unspecified atom stereocenters. The molecule has 1 atom stereocenters. The second-order valence-corrected chi connectivity index (χ2v) is 6.89. The van der Waals surface area contributed by atoms with Gasteiger partial charge in [0.25, 0.3) is 0 Å². The second kappa shape index (κ2) is 10.6. The fraction of sp³-hybridized carbons (Fsp3) is 0.381. The van der Waals surface area contributed by atoms with Crippen LogP contribution in [0.15, 0.2) is 54.6 Å². The molecule has 0 radical (unpaired) electrons. The molecular weight excluding hydrogens is 403 g/mol. The number of carbonyl (C=O) groups is 1. The van der Waals surface area contributed by atoms with Crippen molar-refractivity contribution in [3.05, 3.63) is 60.2 Å². The molecule has 0 bridgehead atoms. The van der Waals surface area contributed by atoms with Gasteiger partial charge >= 0.3 is 6.18 Å². The van der Waals surface area contributed by atoms with E-state index in [2.05, 4.69) is 10.6 Å². The van der Waals surface area contributed by atoms with Crippen LogP contribution in [0.4, 0.5) is 13.2 Å². The maximum atomic E-state index is 13.4. The number of benzene rings is 2. The Balaban J connectivity index is 0.00000300. The van der Waals surface area contributed by atoms with E-state index in [0.29, 0.717) is 26.2 Å². The average molecular weight is 428 g/mol. The van der Waals surface area contributed by atoms with Gasteiger partial charge in [0, 0.05) is 32.7 Å². The lowest BCUT2D eigenvalue weighted by molar-refractivity contribution is -0.184. The number of hydrogen-bond acceptors (Lipinski definition) is 3. The summed E-state index contributed by atoms with van der Waals surface area (Å²) in [6.07, 6.45) is -4.32. The first-order valence-electron chi connectivity index (χ1n) is 9.36. The molecule has 1 aliphatic rings. The van der Waals surface area contributed by atoms with Crippen LogP contribution >= 0.6 is 12.4 Å². The van der Waals surface area contributed by atoms with Crippen LogP contribution in [0, 0.1) is 0 Å². The molecule has 0 saturated carbocycles. The Morgan fingerprint density at radius 2 is 1.59 bits per heavy atom. The Labute approximate surface area is 174 Å². The van der Waals surface area contributed by atoms with Crippen molar-refractivity contribution in [2.24, 2.45) is 0 Å². The monoisotopic (exact) mass is 427 g/mol. The van der Waals surface area contributed by atoms with Crippen molar-refractivity contribution in [2.75, 3.05) is 32.7 Å². The third-order valence-electron chi connectivity index (χ3n) is 4.89. The third-order valence-corrected chi connectivity index (χ3v) is 4.89. The van der Waals surface area contributed by atoms with E-state index < -0.39 is 24.7 Å². The summed E-state index contributed by atoms with van der Waals surface area (Å²) in [5.41, 5.74) is 2.87. The molecule has 1 fully saturated rings. The van der Waals surface area contributed by atoms with Gasteiger partial charge in [-0.25, -0.2) is 0 Å². The van der Waals surface area contributed by atoms with Crippen molar-refractivity contribution >= 4 is 18.3 Å². The quantitative estimate of drug-likeness (QED) is 0.743. The summed E-state index contributed by atoms with van der Waals surface area (Å²) in [6, 6.07) is 15.7. The first-order valence-corrected chi connectivity index (χ1v) is 9.36. The molecule has 8 heteroatoms. The summed E-state index contributed by atoms with van der Waals surface area (Å²) in [5.74, 6) is -0.406. The Bertz CT molecular complexity index is 763. The van der Waals surface area contributed by atoms with Gasteiger partial charge in [0.05, 0.1) is 6.42 Å². The molecule has 0 aliphatic carbocycles. The first-order chi connectivity index (χ1) is 13.4. The van der Waals surface area contributed by atoms with E-state index in [1.807, 2.05) is 54.6 Å². The van der Waals surface area contributed by atoms with Gasteiger partial charge in [-0.3, -0.25) is 9.69 Å². The van der Waals surface area contributed by atoms with Crippen molar-refractivity contribution in [1.29, 1.82) is 0 Å². The maximum Gasteiger partial charge on any atom is 0.405 e. The highest BCUT2D eigenvalue weighted by Gasteiger charge is 2.43. The van der Waals surface area contributed by atoms with Crippen LogP contribution < -0.4 is 10.6 Å². The lowest BCUT2D eigenvalue weighted by Crippen LogP contribution is -2.57. The van der Waals surface area contributed by atoms with Crippen molar-refractivity contribution in [3.8, 4) is 11.1 Å². The Morgan fingerprint density at radius 1 is 1.00 bits per heavy atom. The first kappa shape index (κ1) is 23.2. The molecule has 4 nitrogen and oxygen atoms in total. The maximum absolute atomic E-state index is 13.4. The van der Waals surface area contributed by atoms with Gasteiger partial charge in [-0.1, -0.05) is 54.6 Å². The Kier molecular flexibility index (Phi) is 8.49. The fourth-order valence-corrected chi connectivity index (χ4v) is 3.35. The number of halogens is 4. The minimum absolute atomic E-state index is 0. The summed E-state index contributed by atoms with van der Waals surface area (Å²) >= 11 is 0. The van der Waals surface area contributed by atoms with Gasteiger partial charge in [-0.2, -0.15) is 13.2 Å². The van der Waals surface area contributed by atoms with E-state index in [4.69, 9.17) is 0 Å². The number of amides is 1. The average Bonchev–Trinajstić information content (AvgIpc) is 2.69.